The van der Waals surface area contributed by atoms with E-state index in [1.54, 1.807) is 0 Å². The van der Waals surface area contributed by atoms with E-state index >= 15 is 0 Å². The van der Waals surface area contributed by atoms with Gasteiger partial charge < -0.3 is 29.8 Å². The van der Waals surface area contributed by atoms with Crippen LogP contribution in [0.3, 0.4) is 0 Å². The maximum Gasteiger partial charge on any atom is 0.345 e. The quantitative estimate of drug-likeness (QED) is 0.460. The maximum atomic E-state index is 12.3. The van der Waals surface area contributed by atoms with Crippen LogP contribution in [0.1, 0.15) is 35.0 Å². The van der Waals surface area contributed by atoms with E-state index in [2.05, 4.69) is 27.9 Å². The lowest BCUT2D eigenvalue weighted by Crippen LogP contribution is -2.20. The summed E-state index contributed by atoms with van der Waals surface area (Å²) in [5.74, 6) is -1.37. The first-order chi connectivity index (χ1) is 13.9. The van der Waals surface area contributed by atoms with Crippen molar-refractivity contribution in [1.82, 2.24) is 14.9 Å². The fraction of sp³-hybridized carbons (Fsp3) is 0.333. The van der Waals surface area contributed by atoms with Gasteiger partial charge in [0.15, 0.2) is 5.56 Å². The number of carboxylic acid groups (broad SMARTS) is 1. The summed E-state index contributed by atoms with van der Waals surface area (Å²) in [5, 5.41) is 24.1. The van der Waals surface area contributed by atoms with Crippen molar-refractivity contribution < 1.29 is 19.7 Å². The number of nitrogens with zero attached hydrogens (tertiary/aromatic N) is 1. The number of aromatic nitrogens is 2. The standard InChI is InChI=1S/C21H23N3O5.ClH/c1-3-5-22-10-12-7-11-8-14-16(9-15(11)24(12)2)29-6-4-13-18(14)23-20(26)17(19(13)25)21(27)28;/h7-9,22H,3-6,10H2,1-2H3,(H,27,28)(H2,23,25,26);1H. The number of hydrogen-bond donors (Lipinski definition) is 4. The second-order valence-electron chi connectivity index (χ2n) is 7.21. The van der Waals surface area contributed by atoms with Crippen LogP contribution in [0.25, 0.3) is 22.2 Å². The number of fused-ring (bicyclic) bond motifs is 4. The highest BCUT2D eigenvalue weighted by molar-refractivity contribution is 5.94. The molecule has 0 fully saturated rings. The number of H-pyrrole nitrogens is 1. The first-order valence-electron chi connectivity index (χ1n) is 9.60. The van der Waals surface area contributed by atoms with E-state index in [1.807, 2.05) is 19.2 Å². The van der Waals surface area contributed by atoms with E-state index in [1.165, 1.54) is 0 Å². The van der Waals surface area contributed by atoms with Crippen molar-refractivity contribution in [2.45, 2.75) is 26.3 Å². The smallest absolute Gasteiger partial charge is 0.345 e. The Kier molecular flexibility index (Phi) is 6.09. The Morgan fingerprint density at radius 3 is 2.80 bits per heavy atom. The maximum absolute atomic E-state index is 12.3. The van der Waals surface area contributed by atoms with Gasteiger partial charge in [-0.25, -0.2) is 4.79 Å². The number of hydrogen-bond acceptors (Lipinski definition) is 5. The number of aromatic amines is 1. The molecule has 30 heavy (non-hydrogen) atoms. The third-order valence-electron chi connectivity index (χ3n) is 5.36. The summed E-state index contributed by atoms with van der Waals surface area (Å²) in [4.78, 5) is 26.3. The fourth-order valence-electron chi connectivity index (χ4n) is 3.86. The number of ether oxygens (including phenoxy) is 1. The molecule has 0 unspecified atom stereocenters. The van der Waals surface area contributed by atoms with E-state index in [-0.39, 0.29) is 25.4 Å². The fourth-order valence-corrected chi connectivity index (χ4v) is 3.86. The first-order valence-corrected chi connectivity index (χ1v) is 9.60. The van der Waals surface area contributed by atoms with E-state index in [9.17, 15) is 19.8 Å². The average molecular weight is 434 g/mol. The molecule has 3 aromatic rings. The Bertz CT molecular complexity index is 1180. The van der Waals surface area contributed by atoms with Gasteiger partial charge in [0.1, 0.15) is 11.5 Å². The van der Waals surface area contributed by atoms with Gasteiger partial charge in [-0.1, -0.05) is 6.92 Å². The second-order valence-corrected chi connectivity index (χ2v) is 7.21. The summed E-state index contributed by atoms with van der Waals surface area (Å²) in [6.07, 6.45) is 1.34. The molecule has 0 bridgehead atoms. The Morgan fingerprint density at radius 1 is 1.33 bits per heavy atom. The molecular formula is C21H24ClN3O5. The van der Waals surface area contributed by atoms with Gasteiger partial charge in [-0.05, 0) is 25.1 Å². The molecule has 0 atom stereocenters. The number of aromatic carboxylic acids is 1. The predicted molar refractivity (Wildman–Crippen MR) is 116 cm³/mol. The molecule has 0 saturated carbocycles. The van der Waals surface area contributed by atoms with Crippen LogP contribution in [0.5, 0.6) is 11.5 Å². The highest BCUT2D eigenvalue weighted by atomic mass is 35.5. The normalized spacial score (nSPS) is 12.5. The van der Waals surface area contributed by atoms with Crippen molar-refractivity contribution in [3.8, 4) is 22.8 Å². The lowest BCUT2D eigenvalue weighted by Gasteiger charge is -2.12. The Hall–Kier alpha value is -2.97. The molecule has 3 heterocycles. The average Bonchev–Trinajstić information content (AvgIpc) is 2.86. The molecule has 4 N–H and O–H groups in total. The summed E-state index contributed by atoms with van der Waals surface area (Å²) in [5.41, 5.74) is 2.05. The molecule has 1 aliphatic heterocycles. The topological polar surface area (TPSA) is 117 Å². The van der Waals surface area contributed by atoms with E-state index in [0.717, 1.165) is 36.1 Å². The largest absolute Gasteiger partial charge is 0.506 e. The summed E-state index contributed by atoms with van der Waals surface area (Å²) in [6, 6.07) is 5.91. The first kappa shape index (κ1) is 21.7. The van der Waals surface area contributed by atoms with E-state index in [0.29, 0.717) is 22.6 Å². The summed E-state index contributed by atoms with van der Waals surface area (Å²) < 4.78 is 7.99. The molecule has 1 aliphatic rings. The lowest BCUT2D eigenvalue weighted by molar-refractivity contribution is 0.0691. The summed E-state index contributed by atoms with van der Waals surface area (Å²) in [6.45, 7) is 4.05. The number of rotatable bonds is 5. The number of halogens is 1. The van der Waals surface area contributed by atoms with E-state index in [4.69, 9.17) is 4.74 Å². The van der Waals surface area contributed by atoms with Crippen LogP contribution in [0.4, 0.5) is 0 Å². The highest BCUT2D eigenvalue weighted by Gasteiger charge is 2.26. The molecule has 0 spiro atoms. The van der Waals surface area contributed by atoms with Gasteiger partial charge in [-0.15, -0.1) is 12.4 Å². The molecule has 2 aromatic heterocycles. The van der Waals surface area contributed by atoms with Crippen molar-refractivity contribution in [3.05, 3.63) is 45.4 Å². The van der Waals surface area contributed by atoms with Crippen LogP contribution < -0.4 is 15.6 Å². The second kappa shape index (κ2) is 8.41. The lowest BCUT2D eigenvalue weighted by atomic mass is 9.99. The van der Waals surface area contributed by atoms with Crippen LogP contribution in [-0.4, -0.2) is 38.9 Å². The third kappa shape index (κ3) is 3.53. The van der Waals surface area contributed by atoms with Crippen molar-refractivity contribution in [2.75, 3.05) is 13.2 Å². The minimum atomic E-state index is -1.46. The van der Waals surface area contributed by atoms with Gasteiger partial charge in [0.25, 0.3) is 5.56 Å². The van der Waals surface area contributed by atoms with Crippen LogP contribution in [0.15, 0.2) is 23.0 Å². The molecule has 8 nitrogen and oxygen atoms in total. The number of benzene rings is 1. The molecule has 160 valence electrons. The summed E-state index contributed by atoms with van der Waals surface area (Å²) in [7, 11) is 2.00. The Balaban J connectivity index is 0.00000256. The van der Waals surface area contributed by atoms with Gasteiger partial charge in [0.2, 0.25) is 0 Å². The molecule has 4 rings (SSSR count). The van der Waals surface area contributed by atoms with Crippen LogP contribution in [0, 0.1) is 0 Å². The number of pyridine rings is 1. The number of carboxylic acids is 1. The Morgan fingerprint density at radius 2 is 2.10 bits per heavy atom. The zero-order valence-corrected chi connectivity index (χ0v) is 17.6. The zero-order chi connectivity index (χ0) is 20.7. The van der Waals surface area contributed by atoms with Crippen LogP contribution in [0.2, 0.25) is 0 Å². The highest BCUT2D eigenvalue weighted by Crippen LogP contribution is 2.40. The SMILES string of the molecule is CCCNCc1cc2cc3c(cc2n1C)OCCc1c-3[nH]c(=O)c(C(=O)O)c1O.Cl. The van der Waals surface area contributed by atoms with Gasteiger partial charge in [-0.2, -0.15) is 0 Å². The predicted octanol–water partition coefficient (Wildman–Crippen LogP) is 2.79. The molecular weight excluding hydrogens is 410 g/mol. The molecule has 0 amide bonds. The van der Waals surface area contributed by atoms with Gasteiger partial charge in [-0.3, -0.25) is 4.79 Å². The van der Waals surface area contributed by atoms with Gasteiger partial charge in [0, 0.05) is 48.3 Å². The molecule has 9 heteroatoms. The third-order valence-corrected chi connectivity index (χ3v) is 5.36. The number of nitrogens with one attached hydrogen (secondary N) is 2. The van der Waals surface area contributed by atoms with Crippen molar-refractivity contribution in [3.63, 3.8) is 0 Å². The minimum absolute atomic E-state index is 0. The van der Waals surface area contributed by atoms with Crippen LogP contribution in [-0.2, 0) is 20.0 Å². The summed E-state index contributed by atoms with van der Waals surface area (Å²) >= 11 is 0. The molecule has 0 aliphatic carbocycles. The number of aryl methyl sites for hydroxylation is 1. The minimum Gasteiger partial charge on any atom is -0.506 e. The van der Waals surface area contributed by atoms with E-state index < -0.39 is 22.8 Å². The molecule has 1 aromatic carbocycles. The Labute approximate surface area is 178 Å². The molecule has 0 saturated heterocycles. The van der Waals surface area contributed by atoms with Crippen LogP contribution >= 0.6 is 12.4 Å². The van der Waals surface area contributed by atoms with Gasteiger partial charge in [0.05, 0.1) is 17.8 Å². The van der Waals surface area contributed by atoms with Crippen molar-refractivity contribution in [1.29, 1.82) is 0 Å². The van der Waals surface area contributed by atoms with Crippen molar-refractivity contribution >= 4 is 29.3 Å². The van der Waals surface area contributed by atoms with Crippen molar-refractivity contribution in [2.24, 2.45) is 7.05 Å². The number of aromatic hydroxyl groups is 1. The van der Waals surface area contributed by atoms with Gasteiger partial charge >= 0.3 is 5.97 Å². The monoisotopic (exact) mass is 433 g/mol. The molecule has 0 radical (unpaired) electrons. The zero-order valence-electron chi connectivity index (χ0n) is 16.7. The number of carbonyl (C=O) groups is 1.